The summed E-state index contributed by atoms with van der Waals surface area (Å²) < 4.78 is 25.3. The molecule has 5 heteroatoms. The fourth-order valence-electron chi connectivity index (χ4n) is 1.01. The van der Waals surface area contributed by atoms with E-state index >= 15 is 0 Å². The van der Waals surface area contributed by atoms with Crippen LogP contribution in [0.3, 0.4) is 0 Å². The molecule has 1 rings (SSSR count). The van der Waals surface area contributed by atoms with Gasteiger partial charge in [0.25, 0.3) is 5.97 Å². The molecule has 0 aromatic heterocycles. The summed E-state index contributed by atoms with van der Waals surface area (Å²) in [5, 5.41) is 0. The zero-order chi connectivity index (χ0) is 8.48. The van der Waals surface area contributed by atoms with E-state index in [2.05, 4.69) is 0 Å². The zero-order valence-corrected chi connectivity index (χ0v) is 7.63. The number of rotatable bonds is 2. The van der Waals surface area contributed by atoms with Gasteiger partial charge < -0.3 is 9.47 Å². The number of hydrogen-bond acceptors (Lipinski definition) is 4. The van der Waals surface area contributed by atoms with Crippen molar-refractivity contribution in [2.75, 3.05) is 0 Å². The fraction of sp³-hybridized carbons (Fsp3) is 1.00. The van der Waals surface area contributed by atoms with Gasteiger partial charge in [0.1, 0.15) is 0 Å². The van der Waals surface area contributed by atoms with Crippen molar-refractivity contribution in [2.45, 2.75) is 39.0 Å². The first kappa shape index (κ1) is 9.07. The SMILES string of the molecule is CC1OC(C)(OP=O)OC1C. The monoisotopic (exact) mass is 178 g/mol. The first-order valence-electron chi connectivity index (χ1n) is 3.44. The third-order valence-electron chi connectivity index (χ3n) is 1.66. The topological polar surface area (TPSA) is 44.8 Å². The molecule has 11 heavy (non-hydrogen) atoms. The van der Waals surface area contributed by atoms with E-state index in [4.69, 9.17) is 14.0 Å². The molecule has 1 aliphatic rings. The molecule has 0 N–H and O–H groups in total. The van der Waals surface area contributed by atoms with E-state index in [1.165, 1.54) is 0 Å². The van der Waals surface area contributed by atoms with E-state index in [0.717, 1.165) is 0 Å². The molecule has 0 aromatic carbocycles. The van der Waals surface area contributed by atoms with Crippen LogP contribution in [0.5, 0.6) is 0 Å². The molecule has 0 bridgehead atoms. The van der Waals surface area contributed by atoms with Gasteiger partial charge in [-0.1, -0.05) is 0 Å². The van der Waals surface area contributed by atoms with Crippen molar-refractivity contribution in [2.24, 2.45) is 0 Å². The van der Waals surface area contributed by atoms with Gasteiger partial charge in [-0.15, -0.1) is 0 Å². The van der Waals surface area contributed by atoms with Crippen molar-refractivity contribution >= 4 is 8.69 Å². The minimum absolute atomic E-state index is 0.0262. The van der Waals surface area contributed by atoms with E-state index < -0.39 is 14.7 Å². The Morgan fingerprint density at radius 1 is 1.36 bits per heavy atom. The lowest BCUT2D eigenvalue weighted by molar-refractivity contribution is -0.279. The van der Waals surface area contributed by atoms with Crippen LogP contribution in [0.1, 0.15) is 20.8 Å². The molecule has 0 saturated carbocycles. The van der Waals surface area contributed by atoms with Crippen molar-refractivity contribution < 1.29 is 18.6 Å². The molecular formula is C6H11O4P. The van der Waals surface area contributed by atoms with Gasteiger partial charge >= 0.3 is 8.69 Å². The van der Waals surface area contributed by atoms with Crippen LogP contribution in [-0.2, 0) is 18.6 Å². The quantitative estimate of drug-likeness (QED) is 0.604. The van der Waals surface area contributed by atoms with Crippen LogP contribution < -0.4 is 0 Å². The van der Waals surface area contributed by atoms with Crippen molar-refractivity contribution in [1.82, 2.24) is 0 Å². The largest absolute Gasteiger partial charge is 0.332 e. The Bertz CT molecular complexity index is 151. The summed E-state index contributed by atoms with van der Waals surface area (Å²) in [5.41, 5.74) is 0. The minimum Gasteiger partial charge on any atom is -0.321 e. The van der Waals surface area contributed by atoms with Gasteiger partial charge in [0.2, 0.25) is 0 Å². The van der Waals surface area contributed by atoms with Gasteiger partial charge in [-0.25, -0.2) is 9.09 Å². The highest BCUT2D eigenvalue weighted by Crippen LogP contribution is 2.31. The maximum Gasteiger partial charge on any atom is 0.332 e. The van der Waals surface area contributed by atoms with Gasteiger partial charge in [-0.3, -0.25) is 0 Å². The predicted molar refractivity (Wildman–Crippen MR) is 38.2 cm³/mol. The highest BCUT2D eigenvalue weighted by atomic mass is 31.1. The summed E-state index contributed by atoms with van der Waals surface area (Å²) in [6, 6.07) is 0. The lowest BCUT2D eigenvalue weighted by Gasteiger charge is -2.17. The van der Waals surface area contributed by atoms with Gasteiger partial charge in [-0.05, 0) is 13.8 Å². The second kappa shape index (κ2) is 3.15. The van der Waals surface area contributed by atoms with Crippen molar-refractivity contribution in [1.29, 1.82) is 0 Å². The Morgan fingerprint density at radius 3 is 2.18 bits per heavy atom. The summed E-state index contributed by atoms with van der Waals surface area (Å²) in [7, 11) is -0.428. The van der Waals surface area contributed by atoms with Crippen molar-refractivity contribution in [3.63, 3.8) is 0 Å². The van der Waals surface area contributed by atoms with E-state index in [0.29, 0.717) is 0 Å². The molecule has 1 heterocycles. The molecule has 2 unspecified atom stereocenters. The summed E-state index contributed by atoms with van der Waals surface area (Å²) >= 11 is 0. The molecule has 0 amide bonds. The van der Waals surface area contributed by atoms with E-state index in [1.54, 1.807) is 6.92 Å². The molecule has 0 aliphatic carbocycles. The first-order chi connectivity index (χ1) is 5.07. The Balaban J connectivity index is 2.55. The molecule has 4 nitrogen and oxygen atoms in total. The third-order valence-corrected chi connectivity index (χ3v) is 2.07. The Kier molecular flexibility index (Phi) is 2.60. The van der Waals surface area contributed by atoms with Crippen LogP contribution >= 0.6 is 8.69 Å². The highest BCUT2D eigenvalue weighted by Gasteiger charge is 2.41. The molecule has 0 radical (unpaired) electrons. The standard InChI is InChI=1S/C6H11O4P/c1-4-5(2)9-6(3,8-4)10-11-7/h4-5H,1-3H3. The third kappa shape index (κ3) is 1.97. The Morgan fingerprint density at radius 2 is 1.82 bits per heavy atom. The maximum atomic E-state index is 10.1. The molecule has 0 aromatic rings. The van der Waals surface area contributed by atoms with Crippen LogP contribution in [0.15, 0.2) is 0 Å². The maximum absolute atomic E-state index is 10.1. The van der Waals surface area contributed by atoms with Crippen molar-refractivity contribution in [3.05, 3.63) is 0 Å². The average molecular weight is 178 g/mol. The molecule has 1 fully saturated rings. The predicted octanol–water partition coefficient (Wildman–Crippen LogP) is 1.71. The highest BCUT2D eigenvalue weighted by molar-refractivity contribution is 7.17. The summed E-state index contributed by atoms with van der Waals surface area (Å²) in [6.07, 6.45) is -0.0523. The smallest absolute Gasteiger partial charge is 0.321 e. The first-order valence-corrected chi connectivity index (χ1v) is 4.17. The number of hydrogen-bond donors (Lipinski definition) is 0. The zero-order valence-electron chi connectivity index (χ0n) is 6.73. The van der Waals surface area contributed by atoms with Gasteiger partial charge in [0.15, 0.2) is 0 Å². The molecule has 2 atom stereocenters. The van der Waals surface area contributed by atoms with Gasteiger partial charge in [-0.2, -0.15) is 0 Å². The van der Waals surface area contributed by atoms with Crippen LogP contribution in [-0.4, -0.2) is 18.2 Å². The van der Waals surface area contributed by atoms with Crippen LogP contribution in [0.25, 0.3) is 0 Å². The Labute approximate surface area is 67.1 Å². The normalized spacial score (nSPS) is 45.0. The molecular weight excluding hydrogens is 167 g/mol. The average Bonchev–Trinajstić information content (AvgIpc) is 2.08. The molecule has 0 spiro atoms. The summed E-state index contributed by atoms with van der Waals surface area (Å²) in [5.74, 6) is -1.14. The lowest BCUT2D eigenvalue weighted by Crippen LogP contribution is -2.26. The second-order valence-electron chi connectivity index (χ2n) is 2.67. The van der Waals surface area contributed by atoms with E-state index in [-0.39, 0.29) is 12.2 Å². The minimum atomic E-state index is -1.14. The molecule has 64 valence electrons. The summed E-state index contributed by atoms with van der Waals surface area (Å²) in [4.78, 5) is 0. The van der Waals surface area contributed by atoms with Crippen LogP contribution in [0.4, 0.5) is 0 Å². The van der Waals surface area contributed by atoms with E-state index in [9.17, 15) is 4.57 Å². The molecule has 1 saturated heterocycles. The Hall–Kier alpha value is -0.0200. The number of ether oxygens (including phenoxy) is 2. The van der Waals surface area contributed by atoms with Crippen molar-refractivity contribution in [3.8, 4) is 0 Å². The van der Waals surface area contributed by atoms with E-state index in [1.807, 2.05) is 13.8 Å². The van der Waals surface area contributed by atoms with Crippen LogP contribution in [0, 0.1) is 0 Å². The summed E-state index contributed by atoms with van der Waals surface area (Å²) in [6.45, 7) is 5.35. The second-order valence-corrected chi connectivity index (χ2v) is 3.01. The molecule has 1 aliphatic heterocycles. The van der Waals surface area contributed by atoms with Gasteiger partial charge in [0.05, 0.1) is 12.2 Å². The van der Waals surface area contributed by atoms with Crippen LogP contribution in [0.2, 0.25) is 0 Å². The van der Waals surface area contributed by atoms with Gasteiger partial charge in [0, 0.05) is 6.92 Å². The fourth-order valence-corrected chi connectivity index (χ4v) is 1.23. The lowest BCUT2D eigenvalue weighted by atomic mass is 10.3.